The zero-order chi connectivity index (χ0) is 13.0. The molecule has 0 fully saturated rings. The molecule has 1 N–H and O–H groups in total. The van der Waals surface area contributed by atoms with Crippen molar-refractivity contribution >= 4 is 29.1 Å². The fourth-order valence-electron chi connectivity index (χ4n) is 1.36. The van der Waals surface area contributed by atoms with E-state index in [4.69, 9.17) is 0 Å². The van der Waals surface area contributed by atoms with Crippen LogP contribution in [0.2, 0.25) is 0 Å². The quantitative estimate of drug-likeness (QED) is 0.672. The fraction of sp³-hybridized carbons (Fsp3) is 0.364. The second-order valence-corrected chi connectivity index (χ2v) is 5.94. The molecule has 7 heteroatoms. The van der Waals surface area contributed by atoms with Crippen LogP contribution in [0.5, 0.6) is 0 Å². The Kier molecular flexibility index (Phi) is 4.38. The van der Waals surface area contributed by atoms with E-state index in [0.717, 1.165) is 12.2 Å². The van der Waals surface area contributed by atoms with Gasteiger partial charge in [-0.15, -0.1) is 16.4 Å². The number of rotatable bonds is 5. The first-order valence-electron chi connectivity index (χ1n) is 5.37. The Bertz CT molecular complexity index is 510. The first-order chi connectivity index (χ1) is 8.69. The van der Waals surface area contributed by atoms with Gasteiger partial charge in [-0.2, -0.15) is 0 Å². The summed E-state index contributed by atoms with van der Waals surface area (Å²) in [5.41, 5.74) is 0. The molecule has 0 bridgehead atoms. The number of aromatic amines is 1. The number of nitrogens with one attached hydrogen (secondary N) is 1. The Morgan fingerprint density at radius 1 is 1.67 bits per heavy atom. The van der Waals surface area contributed by atoms with E-state index in [1.165, 1.54) is 23.7 Å². The molecule has 0 aliphatic rings. The number of thiophene rings is 1. The average Bonchev–Trinajstić information content (AvgIpc) is 3.01. The molecule has 0 radical (unpaired) electrons. The maximum Gasteiger partial charge on any atom is 0.318 e. The lowest BCUT2D eigenvalue weighted by molar-refractivity contribution is -0.139. The van der Waals surface area contributed by atoms with Crippen molar-refractivity contribution in [1.82, 2.24) is 15.2 Å². The molecule has 1 atom stereocenters. The SMILES string of the molecule is COC(=O)C(C)Sc1n[nH]c(Cc2cccs2)n1. The predicted octanol–water partition coefficient (Wildman–Crippen LogP) is 2.11. The Balaban J connectivity index is 1.96. The van der Waals surface area contributed by atoms with Gasteiger partial charge in [-0.05, 0) is 18.4 Å². The number of ether oxygens (including phenoxy) is 1. The van der Waals surface area contributed by atoms with Crippen LogP contribution in [-0.4, -0.2) is 33.5 Å². The highest BCUT2D eigenvalue weighted by Crippen LogP contribution is 2.21. The molecule has 1 unspecified atom stereocenters. The molecule has 0 saturated carbocycles. The van der Waals surface area contributed by atoms with E-state index in [1.54, 1.807) is 18.3 Å². The molecule has 5 nitrogen and oxygen atoms in total. The van der Waals surface area contributed by atoms with Gasteiger partial charge in [0.1, 0.15) is 11.1 Å². The minimum atomic E-state index is -0.305. The van der Waals surface area contributed by atoms with Crippen molar-refractivity contribution in [1.29, 1.82) is 0 Å². The maximum atomic E-state index is 11.3. The summed E-state index contributed by atoms with van der Waals surface area (Å²) in [5.74, 6) is 0.529. The van der Waals surface area contributed by atoms with Crippen molar-refractivity contribution in [2.24, 2.45) is 0 Å². The molecule has 2 rings (SSSR count). The van der Waals surface area contributed by atoms with Crippen LogP contribution >= 0.6 is 23.1 Å². The molecule has 0 amide bonds. The van der Waals surface area contributed by atoms with E-state index in [-0.39, 0.29) is 11.2 Å². The van der Waals surface area contributed by atoms with Gasteiger partial charge in [0.25, 0.3) is 0 Å². The zero-order valence-electron chi connectivity index (χ0n) is 10.0. The average molecular weight is 283 g/mol. The lowest BCUT2D eigenvalue weighted by Crippen LogP contribution is -2.14. The molecule has 0 spiro atoms. The minimum Gasteiger partial charge on any atom is -0.468 e. The largest absolute Gasteiger partial charge is 0.468 e. The first-order valence-corrected chi connectivity index (χ1v) is 7.13. The van der Waals surface area contributed by atoms with E-state index in [1.807, 2.05) is 11.4 Å². The number of thioether (sulfide) groups is 1. The summed E-state index contributed by atoms with van der Waals surface area (Å²) in [6.45, 7) is 1.77. The Labute approximate surface area is 113 Å². The van der Waals surface area contributed by atoms with Crippen LogP contribution in [0.15, 0.2) is 22.7 Å². The summed E-state index contributed by atoms with van der Waals surface area (Å²) in [4.78, 5) is 16.8. The van der Waals surface area contributed by atoms with Gasteiger partial charge in [0, 0.05) is 11.3 Å². The first kappa shape index (κ1) is 13.1. The molecule has 2 aromatic heterocycles. The number of esters is 1. The number of carbonyl (C=O) groups is 1. The third-order valence-electron chi connectivity index (χ3n) is 2.25. The van der Waals surface area contributed by atoms with E-state index < -0.39 is 0 Å². The van der Waals surface area contributed by atoms with E-state index in [9.17, 15) is 4.79 Å². The number of carbonyl (C=O) groups excluding carboxylic acids is 1. The second-order valence-electron chi connectivity index (χ2n) is 3.60. The molecular weight excluding hydrogens is 270 g/mol. The predicted molar refractivity (Wildman–Crippen MR) is 70.8 cm³/mol. The smallest absolute Gasteiger partial charge is 0.318 e. The molecular formula is C11H13N3O2S2. The van der Waals surface area contributed by atoms with Crippen LogP contribution < -0.4 is 0 Å². The molecule has 0 saturated heterocycles. The van der Waals surface area contributed by atoms with Crippen molar-refractivity contribution in [3.8, 4) is 0 Å². The van der Waals surface area contributed by atoms with Gasteiger partial charge in [-0.3, -0.25) is 9.89 Å². The summed E-state index contributed by atoms with van der Waals surface area (Å²) >= 11 is 2.97. The maximum absolute atomic E-state index is 11.3. The highest BCUT2D eigenvalue weighted by molar-refractivity contribution is 8.00. The standard InChI is InChI=1S/C11H13N3O2S2/c1-7(10(15)16-2)18-11-12-9(13-14-11)6-8-4-3-5-17-8/h3-5,7H,6H2,1-2H3,(H,12,13,14). The van der Waals surface area contributed by atoms with Gasteiger partial charge in [0.05, 0.1) is 7.11 Å². The van der Waals surface area contributed by atoms with Crippen LogP contribution in [0.3, 0.4) is 0 Å². The highest BCUT2D eigenvalue weighted by atomic mass is 32.2. The topological polar surface area (TPSA) is 67.9 Å². The molecule has 2 heterocycles. The third-order valence-corrected chi connectivity index (χ3v) is 4.06. The number of nitrogens with zero attached hydrogens (tertiary/aromatic N) is 2. The number of H-pyrrole nitrogens is 1. The van der Waals surface area contributed by atoms with Crippen LogP contribution in [0, 0.1) is 0 Å². The van der Waals surface area contributed by atoms with Crippen molar-refractivity contribution in [2.75, 3.05) is 7.11 Å². The van der Waals surface area contributed by atoms with E-state index in [2.05, 4.69) is 26.0 Å². The number of aromatic nitrogens is 3. The molecule has 18 heavy (non-hydrogen) atoms. The van der Waals surface area contributed by atoms with Crippen molar-refractivity contribution in [3.63, 3.8) is 0 Å². The summed E-state index contributed by atoms with van der Waals surface area (Å²) < 4.78 is 4.65. The van der Waals surface area contributed by atoms with E-state index >= 15 is 0 Å². The third kappa shape index (κ3) is 3.33. The lowest BCUT2D eigenvalue weighted by Gasteiger charge is -2.04. The molecule has 2 aromatic rings. The van der Waals surface area contributed by atoms with Gasteiger partial charge in [0.2, 0.25) is 5.16 Å². The summed E-state index contributed by atoms with van der Waals surface area (Å²) in [5, 5.41) is 9.25. The van der Waals surface area contributed by atoms with Crippen molar-refractivity contribution < 1.29 is 9.53 Å². The van der Waals surface area contributed by atoms with Gasteiger partial charge in [-0.25, -0.2) is 4.98 Å². The lowest BCUT2D eigenvalue weighted by atomic mass is 10.3. The number of hydrogen-bond donors (Lipinski definition) is 1. The minimum absolute atomic E-state index is 0.274. The van der Waals surface area contributed by atoms with Gasteiger partial charge < -0.3 is 4.74 Å². The Morgan fingerprint density at radius 2 is 2.50 bits per heavy atom. The summed E-state index contributed by atoms with van der Waals surface area (Å²) in [6, 6.07) is 4.06. The number of methoxy groups -OCH3 is 1. The van der Waals surface area contributed by atoms with Crippen LogP contribution in [0.25, 0.3) is 0 Å². The van der Waals surface area contributed by atoms with Crippen LogP contribution in [0.1, 0.15) is 17.6 Å². The summed E-state index contributed by atoms with van der Waals surface area (Å²) in [6.07, 6.45) is 0.734. The second kappa shape index (κ2) is 6.01. The fourth-order valence-corrected chi connectivity index (χ4v) is 2.84. The number of hydrogen-bond acceptors (Lipinski definition) is 6. The van der Waals surface area contributed by atoms with Crippen molar-refractivity contribution in [2.45, 2.75) is 23.8 Å². The van der Waals surface area contributed by atoms with Crippen LogP contribution in [0.4, 0.5) is 0 Å². The van der Waals surface area contributed by atoms with Crippen molar-refractivity contribution in [3.05, 3.63) is 28.2 Å². The van der Waals surface area contributed by atoms with Crippen LogP contribution in [-0.2, 0) is 16.0 Å². The molecule has 0 aliphatic heterocycles. The zero-order valence-corrected chi connectivity index (χ0v) is 11.7. The highest BCUT2D eigenvalue weighted by Gasteiger charge is 2.17. The molecule has 0 aliphatic carbocycles. The van der Waals surface area contributed by atoms with Gasteiger partial charge in [-0.1, -0.05) is 17.8 Å². The monoisotopic (exact) mass is 283 g/mol. The van der Waals surface area contributed by atoms with Gasteiger partial charge in [0.15, 0.2) is 0 Å². The molecule has 96 valence electrons. The Morgan fingerprint density at radius 3 is 3.17 bits per heavy atom. The normalized spacial score (nSPS) is 12.3. The Hall–Kier alpha value is -1.34. The van der Waals surface area contributed by atoms with E-state index in [0.29, 0.717) is 5.16 Å². The molecule has 0 aromatic carbocycles. The van der Waals surface area contributed by atoms with Gasteiger partial charge >= 0.3 is 5.97 Å². The summed E-state index contributed by atoms with van der Waals surface area (Å²) in [7, 11) is 1.37.